The first-order valence-electron chi connectivity index (χ1n) is 6.52. The van der Waals surface area contributed by atoms with Gasteiger partial charge in [-0.05, 0) is 39.3 Å². The fourth-order valence-electron chi connectivity index (χ4n) is 2.48. The lowest BCUT2D eigenvalue weighted by atomic mass is 10.1. The van der Waals surface area contributed by atoms with Crippen molar-refractivity contribution in [1.82, 2.24) is 4.98 Å². The number of hydrogen-bond donors (Lipinski definition) is 1. The number of nitrogens with two attached hydrogens (primary N) is 1. The predicted molar refractivity (Wildman–Crippen MR) is 73.7 cm³/mol. The number of anilines is 1. The van der Waals surface area contributed by atoms with Gasteiger partial charge in [-0.15, -0.1) is 0 Å². The molecule has 0 aromatic carbocycles. The Morgan fingerprint density at radius 2 is 2.22 bits per heavy atom. The van der Waals surface area contributed by atoms with Crippen molar-refractivity contribution in [3.8, 4) is 0 Å². The Bertz CT molecular complexity index is 400. The second-order valence-corrected chi connectivity index (χ2v) is 5.81. The number of aromatic nitrogens is 1. The molecule has 0 spiro atoms. The second-order valence-electron chi connectivity index (χ2n) is 5.81. The summed E-state index contributed by atoms with van der Waals surface area (Å²) in [4.78, 5) is 6.79. The normalized spacial score (nSPS) is 24.9. The molecular weight excluding hydrogens is 226 g/mol. The summed E-state index contributed by atoms with van der Waals surface area (Å²) in [5, 5.41) is 0. The van der Waals surface area contributed by atoms with Crippen molar-refractivity contribution in [3.05, 3.63) is 23.9 Å². The minimum absolute atomic E-state index is 0.0339. The first-order valence-corrected chi connectivity index (χ1v) is 6.52. The number of pyridine rings is 1. The summed E-state index contributed by atoms with van der Waals surface area (Å²) in [6, 6.07) is 4.14. The van der Waals surface area contributed by atoms with E-state index in [0.717, 1.165) is 24.5 Å². The molecule has 2 atom stereocenters. The van der Waals surface area contributed by atoms with Crippen LogP contribution in [-0.2, 0) is 4.74 Å². The maximum Gasteiger partial charge on any atom is 0.128 e. The quantitative estimate of drug-likeness (QED) is 0.872. The van der Waals surface area contributed by atoms with Crippen LogP contribution in [0.2, 0.25) is 0 Å². The van der Waals surface area contributed by atoms with Gasteiger partial charge < -0.3 is 15.4 Å². The van der Waals surface area contributed by atoms with Crippen molar-refractivity contribution in [2.45, 2.75) is 45.4 Å². The van der Waals surface area contributed by atoms with Gasteiger partial charge in [0.1, 0.15) is 5.82 Å². The molecule has 2 heterocycles. The first kappa shape index (κ1) is 13.3. The fourth-order valence-corrected chi connectivity index (χ4v) is 2.48. The molecule has 0 bridgehead atoms. The summed E-state index contributed by atoms with van der Waals surface area (Å²) in [6.45, 7) is 10.1. The molecule has 2 rings (SSSR count). The molecule has 1 fully saturated rings. The van der Waals surface area contributed by atoms with Crippen molar-refractivity contribution < 1.29 is 4.74 Å². The third-order valence-electron chi connectivity index (χ3n) is 3.19. The van der Waals surface area contributed by atoms with Crippen molar-refractivity contribution >= 4 is 5.82 Å². The topological polar surface area (TPSA) is 51.4 Å². The van der Waals surface area contributed by atoms with Gasteiger partial charge in [0.15, 0.2) is 0 Å². The zero-order chi connectivity index (χ0) is 13.3. The maximum atomic E-state index is 5.90. The minimum Gasteiger partial charge on any atom is -0.369 e. The van der Waals surface area contributed by atoms with Gasteiger partial charge in [0, 0.05) is 25.3 Å². The Morgan fingerprint density at radius 1 is 1.50 bits per heavy atom. The second kappa shape index (κ2) is 4.86. The molecule has 4 nitrogen and oxygen atoms in total. The average Bonchev–Trinajstić information content (AvgIpc) is 2.26. The van der Waals surface area contributed by atoms with E-state index in [2.05, 4.69) is 36.7 Å². The Hall–Kier alpha value is -1.13. The van der Waals surface area contributed by atoms with Gasteiger partial charge in [0.25, 0.3) is 0 Å². The van der Waals surface area contributed by atoms with Gasteiger partial charge in [0.05, 0.1) is 11.7 Å². The van der Waals surface area contributed by atoms with Gasteiger partial charge in [-0.1, -0.05) is 6.07 Å². The lowest BCUT2D eigenvalue weighted by Crippen LogP contribution is -2.52. The molecule has 1 saturated heterocycles. The number of morpholine rings is 1. The van der Waals surface area contributed by atoms with Crippen LogP contribution in [0.5, 0.6) is 0 Å². The lowest BCUT2D eigenvalue weighted by molar-refractivity contribution is -0.0751. The van der Waals surface area contributed by atoms with Gasteiger partial charge >= 0.3 is 0 Å². The number of rotatable bonds is 2. The molecule has 18 heavy (non-hydrogen) atoms. The summed E-state index contributed by atoms with van der Waals surface area (Å²) in [6.07, 6.45) is 2.09. The van der Waals surface area contributed by atoms with Crippen LogP contribution in [0, 0.1) is 0 Å². The van der Waals surface area contributed by atoms with Gasteiger partial charge in [0.2, 0.25) is 0 Å². The zero-order valence-electron chi connectivity index (χ0n) is 11.7. The van der Waals surface area contributed by atoms with E-state index < -0.39 is 0 Å². The number of hydrogen-bond acceptors (Lipinski definition) is 4. The molecule has 1 aromatic heterocycles. The van der Waals surface area contributed by atoms with E-state index in [9.17, 15) is 0 Å². The fraction of sp³-hybridized carbons (Fsp3) is 0.643. The molecule has 0 amide bonds. The standard InChI is InChI=1S/C14H23N3O/c1-10-8-17(9-14(3,4)18-10)13-6-5-12(7-16-13)11(2)15/h5-7,10-11H,8-9,15H2,1-4H3. The molecule has 2 N–H and O–H groups in total. The Labute approximate surface area is 109 Å². The molecule has 1 aliphatic heterocycles. The van der Waals surface area contributed by atoms with E-state index in [1.807, 2.05) is 19.2 Å². The van der Waals surface area contributed by atoms with E-state index in [1.165, 1.54) is 0 Å². The summed E-state index contributed by atoms with van der Waals surface area (Å²) >= 11 is 0. The van der Waals surface area contributed by atoms with Crippen LogP contribution in [0.3, 0.4) is 0 Å². The highest BCUT2D eigenvalue weighted by atomic mass is 16.5. The molecule has 0 saturated carbocycles. The van der Waals surface area contributed by atoms with Crippen molar-refractivity contribution in [2.75, 3.05) is 18.0 Å². The van der Waals surface area contributed by atoms with Gasteiger partial charge in [-0.2, -0.15) is 0 Å². The maximum absolute atomic E-state index is 5.90. The van der Waals surface area contributed by atoms with Crippen LogP contribution in [0.25, 0.3) is 0 Å². The van der Waals surface area contributed by atoms with Crippen molar-refractivity contribution in [3.63, 3.8) is 0 Å². The highest BCUT2D eigenvalue weighted by Crippen LogP contribution is 2.25. The molecule has 100 valence electrons. The van der Waals surface area contributed by atoms with Crippen LogP contribution in [0.1, 0.15) is 39.3 Å². The lowest BCUT2D eigenvalue weighted by Gasteiger charge is -2.42. The van der Waals surface area contributed by atoms with E-state index in [-0.39, 0.29) is 17.7 Å². The monoisotopic (exact) mass is 249 g/mol. The SMILES string of the molecule is CC1CN(c2ccc(C(C)N)cn2)CC(C)(C)O1. The average molecular weight is 249 g/mol. The van der Waals surface area contributed by atoms with Crippen LogP contribution in [0.4, 0.5) is 5.82 Å². The van der Waals surface area contributed by atoms with Crippen LogP contribution in [-0.4, -0.2) is 29.8 Å². The zero-order valence-corrected chi connectivity index (χ0v) is 11.7. The molecule has 1 aromatic rings. The summed E-state index contributed by atoms with van der Waals surface area (Å²) in [5.74, 6) is 1.00. The minimum atomic E-state index is -0.126. The number of nitrogens with zero attached hydrogens (tertiary/aromatic N) is 2. The number of ether oxygens (including phenoxy) is 1. The van der Waals surface area contributed by atoms with E-state index in [4.69, 9.17) is 10.5 Å². The molecule has 0 aliphatic carbocycles. The Balaban J connectivity index is 2.15. The van der Waals surface area contributed by atoms with Gasteiger partial charge in [-0.3, -0.25) is 0 Å². The summed E-state index contributed by atoms with van der Waals surface area (Å²) < 4.78 is 5.90. The molecule has 4 heteroatoms. The van der Waals surface area contributed by atoms with Crippen LogP contribution in [0.15, 0.2) is 18.3 Å². The highest BCUT2D eigenvalue weighted by Gasteiger charge is 2.31. The third kappa shape index (κ3) is 3.00. The first-order chi connectivity index (χ1) is 8.37. The van der Waals surface area contributed by atoms with E-state index in [0.29, 0.717) is 0 Å². The Morgan fingerprint density at radius 3 is 2.72 bits per heavy atom. The summed E-state index contributed by atoms with van der Waals surface area (Å²) in [7, 11) is 0. The predicted octanol–water partition coefficient (Wildman–Crippen LogP) is 2.10. The highest BCUT2D eigenvalue weighted by molar-refractivity contribution is 5.41. The summed E-state index contributed by atoms with van der Waals surface area (Å²) in [5.41, 5.74) is 6.78. The van der Waals surface area contributed by atoms with E-state index >= 15 is 0 Å². The Kier molecular flexibility index (Phi) is 3.59. The molecule has 0 radical (unpaired) electrons. The smallest absolute Gasteiger partial charge is 0.128 e. The van der Waals surface area contributed by atoms with Crippen LogP contribution >= 0.6 is 0 Å². The van der Waals surface area contributed by atoms with Crippen LogP contribution < -0.4 is 10.6 Å². The van der Waals surface area contributed by atoms with E-state index in [1.54, 1.807) is 0 Å². The third-order valence-corrected chi connectivity index (χ3v) is 3.19. The molecule has 2 unspecified atom stereocenters. The van der Waals surface area contributed by atoms with Crippen molar-refractivity contribution in [1.29, 1.82) is 0 Å². The molecule has 1 aliphatic rings. The van der Waals surface area contributed by atoms with Gasteiger partial charge in [-0.25, -0.2) is 4.98 Å². The largest absolute Gasteiger partial charge is 0.369 e. The molecular formula is C14H23N3O. The van der Waals surface area contributed by atoms with Crippen molar-refractivity contribution in [2.24, 2.45) is 5.73 Å².